The summed E-state index contributed by atoms with van der Waals surface area (Å²) in [7, 11) is 0. The topological polar surface area (TPSA) is 52.6 Å². The molecule has 1 rings (SSSR count). The van der Waals surface area contributed by atoms with E-state index in [1.165, 1.54) is 6.92 Å². The highest BCUT2D eigenvalue weighted by molar-refractivity contribution is 5.94. The maximum atomic E-state index is 11.4. The van der Waals surface area contributed by atoms with E-state index in [9.17, 15) is 9.59 Å². The van der Waals surface area contributed by atoms with E-state index in [4.69, 9.17) is 9.47 Å². The molecular weight excluding hydrogens is 232 g/mol. The fourth-order valence-electron chi connectivity index (χ4n) is 1.50. The lowest BCUT2D eigenvalue weighted by atomic mass is 10.1. The van der Waals surface area contributed by atoms with Crippen LogP contribution in [-0.2, 0) is 9.53 Å². The molecule has 4 heteroatoms. The number of Topliss-reactive ketones (excluding diaryl/α,β-unsaturated/α-hetero) is 1. The highest BCUT2D eigenvalue weighted by Crippen LogP contribution is 2.21. The smallest absolute Gasteiger partial charge is 0.347 e. The summed E-state index contributed by atoms with van der Waals surface area (Å²) in [5, 5.41) is 0. The number of esters is 1. The largest absolute Gasteiger partial charge is 0.479 e. The molecule has 0 aliphatic carbocycles. The molecule has 0 aliphatic heterocycles. The van der Waals surface area contributed by atoms with Gasteiger partial charge in [-0.3, -0.25) is 4.79 Å². The molecule has 18 heavy (non-hydrogen) atoms. The number of carbonyl (C=O) groups excluding carboxylic acids is 2. The Labute approximate surface area is 107 Å². The average Bonchev–Trinajstić information content (AvgIpc) is 2.31. The maximum absolute atomic E-state index is 11.4. The second-order valence-corrected chi connectivity index (χ2v) is 4.05. The van der Waals surface area contributed by atoms with Crippen LogP contribution in [-0.4, -0.2) is 24.5 Å². The van der Waals surface area contributed by atoms with E-state index in [0.29, 0.717) is 17.9 Å². The number of ketones is 1. The summed E-state index contributed by atoms with van der Waals surface area (Å²) in [5.74, 6) is 0.191. The van der Waals surface area contributed by atoms with Gasteiger partial charge in [0.2, 0.25) is 0 Å². The molecular formula is C14H18O4. The first kappa shape index (κ1) is 14.2. The summed E-state index contributed by atoms with van der Waals surface area (Å²) in [4.78, 5) is 22.6. The molecule has 4 nitrogen and oxygen atoms in total. The molecule has 0 fully saturated rings. The standard InChI is InChI=1S/C14H18O4/c1-5-17-14(16)11(4)18-13-7-6-12(10(3)15)8-9(13)2/h6-8,11H,5H2,1-4H3. The van der Waals surface area contributed by atoms with Gasteiger partial charge in [-0.05, 0) is 51.5 Å². The van der Waals surface area contributed by atoms with Crippen LogP contribution in [0.4, 0.5) is 0 Å². The van der Waals surface area contributed by atoms with Gasteiger partial charge in [-0.2, -0.15) is 0 Å². The predicted molar refractivity (Wildman–Crippen MR) is 67.9 cm³/mol. The summed E-state index contributed by atoms with van der Waals surface area (Å²) in [5.41, 5.74) is 1.45. The molecule has 0 aliphatic rings. The van der Waals surface area contributed by atoms with Gasteiger partial charge in [0.1, 0.15) is 5.75 Å². The van der Waals surface area contributed by atoms with Crippen molar-refractivity contribution in [3.8, 4) is 5.75 Å². The minimum absolute atomic E-state index is 0.00286. The van der Waals surface area contributed by atoms with Gasteiger partial charge in [-0.15, -0.1) is 0 Å². The summed E-state index contributed by atoms with van der Waals surface area (Å²) in [6.07, 6.45) is -0.660. The van der Waals surface area contributed by atoms with Crippen molar-refractivity contribution in [1.82, 2.24) is 0 Å². The van der Waals surface area contributed by atoms with Crippen molar-refractivity contribution in [2.24, 2.45) is 0 Å². The average molecular weight is 250 g/mol. The monoisotopic (exact) mass is 250 g/mol. The fourth-order valence-corrected chi connectivity index (χ4v) is 1.50. The molecule has 1 aromatic carbocycles. The Morgan fingerprint density at radius 2 is 2.00 bits per heavy atom. The normalized spacial score (nSPS) is 11.8. The number of hydrogen-bond donors (Lipinski definition) is 0. The van der Waals surface area contributed by atoms with Crippen molar-refractivity contribution >= 4 is 11.8 Å². The van der Waals surface area contributed by atoms with Gasteiger partial charge in [0, 0.05) is 5.56 Å². The Balaban J connectivity index is 2.79. The highest BCUT2D eigenvalue weighted by Gasteiger charge is 2.16. The first-order valence-corrected chi connectivity index (χ1v) is 5.90. The molecule has 0 aromatic heterocycles. The number of hydrogen-bond acceptors (Lipinski definition) is 4. The van der Waals surface area contributed by atoms with Crippen LogP contribution in [0.15, 0.2) is 18.2 Å². The lowest BCUT2D eigenvalue weighted by Crippen LogP contribution is -2.26. The number of ether oxygens (including phenoxy) is 2. The van der Waals surface area contributed by atoms with Crippen molar-refractivity contribution in [3.05, 3.63) is 29.3 Å². The molecule has 1 aromatic rings. The highest BCUT2D eigenvalue weighted by atomic mass is 16.6. The Morgan fingerprint density at radius 3 is 2.50 bits per heavy atom. The van der Waals surface area contributed by atoms with Gasteiger partial charge < -0.3 is 9.47 Å². The van der Waals surface area contributed by atoms with Crippen molar-refractivity contribution in [1.29, 1.82) is 0 Å². The third-order valence-electron chi connectivity index (χ3n) is 2.50. The van der Waals surface area contributed by atoms with E-state index in [1.54, 1.807) is 32.0 Å². The van der Waals surface area contributed by atoms with E-state index < -0.39 is 12.1 Å². The number of carbonyl (C=O) groups is 2. The van der Waals surface area contributed by atoms with Crippen LogP contribution in [0.5, 0.6) is 5.75 Å². The maximum Gasteiger partial charge on any atom is 0.347 e. The third-order valence-corrected chi connectivity index (χ3v) is 2.50. The van der Waals surface area contributed by atoms with Crippen LogP contribution >= 0.6 is 0 Å². The molecule has 0 saturated heterocycles. The van der Waals surface area contributed by atoms with Crippen LogP contribution < -0.4 is 4.74 Å². The zero-order valence-corrected chi connectivity index (χ0v) is 11.1. The second-order valence-electron chi connectivity index (χ2n) is 4.05. The quantitative estimate of drug-likeness (QED) is 0.595. The van der Waals surface area contributed by atoms with Gasteiger partial charge in [0.25, 0.3) is 0 Å². The number of benzene rings is 1. The van der Waals surface area contributed by atoms with E-state index in [0.717, 1.165) is 5.56 Å². The van der Waals surface area contributed by atoms with Crippen LogP contribution in [0.25, 0.3) is 0 Å². The Bertz CT molecular complexity index is 451. The first-order valence-electron chi connectivity index (χ1n) is 5.90. The van der Waals surface area contributed by atoms with Gasteiger partial charge in [-0.25, -0.2) is 4.79 Å². The van der Waals surface area contributed by atoms with Gasteiger partial charge >= 0.3 is 5.97 Å². The molecule has 0 spiro atoms. The Hall–Kier alpha value is -1.84. The lowest BCUT2D eigenvalue weighted by Gasteiger charge is -2.15. The first-order chi connectivity index (χ1) is 8.45. The SMILES string of the molecule is CCOC(=O)C(C)Oc1ccc(C(C)=O)cc1C. The van der Waals surface area contributed by atoms with Crippen LogP contribution in [0.2, 0.25) is 0 Å². The molecule has 0 N–H and O–H groups in total. The summed E-state index contributed by atoms with van der Waals surface area (Å²) in [6, 6.07) is 5.12. The van der Waals surface area contributed by atoms with Crippen molar-refractivity contribution < 1.29 is 19.1 Å². The number of aryl methyl sites for hydroxylation is 1. The van der Waals surface area contributed by atoms with Crippen molar-refractivity contribution in [3.63, 3.8) is 0 Å². The summed E-state index contributed by atoms with van der Waals surface area (Å²) in [6.45, 7) is 7.05. The van der Waals surface area contributed by atoms with Crippen molar-refractivity contribution in [2.75, 3.05) is 6.61 Å². The molecule has 0 bridgehead atoms. The van der Waals surface area contributed by atoms with Crippen LogP contribution in [0, 0.1) is 6.92 Å². The minimum atomic E-state index is -0.660. The Morgan fingerprint density at radius 1 is 1.33 bits per heavy atom. The summed E-state index contributed by atoms with van der Waals surface area (Å²) < 4.78 is 10.4. The second kappa shape index (κ2) is 6.19. The van der Waals surface area contributed by atoms with Crippen molar-refractivity contribution in [2.45, 2.75) is 33.8 Å². The zero-order valence-electron chi connectivity index (χ0n) is 11.1. The van der Waals surface area contributed by atoms with Gasteiger partial charge in [-0.1, -0.05) is 0 Å². The van der Waals surface area contributed by atoms with E-state index >= 15 is 0 Å². The van der Waals surface area contributed by atoms with E-state index in [2.05, 4.69) is 0 Å². The van der Waals surface area contributed by atoms with E-state index in [1.807, 2.05) is 6.92 Å². The predicted octanol–water partition coefficient (Wildman–Crippen LogP) is 2.53. The molecule has 0 radical (unpaired) electrons. The van der Waals surface area contributed by atoms with Crippen LogP contribution in [0.3, 0.4) is 0 Å². The minimum Gasteiger partial charge on any atom is -0.479 e. The molecule has 98 valence electrons. The molecule has 1 unspecified atom stereocenters. The Kier molecular flexibility index (Phi) is 4.89. The molecule has 1 atom stereocenters. The molecule has 0 saturated carbocycles. The van der Waals surface area contributed by atoms with E-state index in [-0.39, 0.29) is 5.78 Å². The lowest BCUT2D eigenvalue weighted by molar-refractivity contribution is -0.150. The molecule has 0 amide bonds. The van der Waals surface area contributed by atoms with Gasteiger partial charge in [0.15, 0.2) is 11.9 Å². The molecule has 0 heterocycles. The van der Waals surface area contributed by atoms with Gasteiger partial charge in [0.05, 0.1) is 6.61 Å². The third kappa shape index (κ3) is 3.58. The summed E-state index contributed by atoms with van der Waals surface area (Å²) >= 11 is 0. The fraction of sp³-hybridized carbons (Fsp3) is 0.429. The number of rotatable bonds is 5. The van der Waals surface area contributed by atoms with Crippen LogP contribution in [0.1, 0.15) is 36.7 Å². The zero-order chi connectivity index (χ0) is 13.7.